The van der Waals surface area contributed by atoms with Crippen LogP contribution >= 0.6 is 0 Å². The molecule has 0 aromatic rings. The third kappa shape index (κ3) is 2.27. The Morgan fingerprint density at radius 3 is 2.40 bits per heavy atom. The van der Waals surface area contributed by atoms with Gasteiger partial charge in [-0.1, -0.05) is 26.7 Å². The van der Waals surface area contributed by atoms with Crippen LogP contribution in [0, 0.1) is 12.2 Å². The van der Waals surface area contributed by atoms with Gasteiger partial charge in [-0.3, -0.25) is 0 Å². The van der Waals surface area contributed by atoms with Crippen LogP contribution in [0.5, 0.6) is 0 Å². The van der Waals surface area contributed by atoms with Crippen molar-refractivity contribution in [2.75, 3.05) is 0 Å². The zero-order valence-electron chi connectivity index (χ0n) is 6.72. The summed E-state index contributed by atoms with van der Waals surface area (Å²) in [7, 11) is 0. The molecule has 10 heavy (non-hydrogen) atoms. The molecule has 1 atom stereocenters. The molecule has 1 rings (SSSR count). The van der Waals surface area contributed by atoms with Crippen molar-refractivity contribution < 1.29 is 9.78 Å². The Labute approximate surface area is 62.4 Å². The summed E-state index contributed by atoms with van der Waals surface area (Å²) in [4.78, 5) is 9.35. The highest BCUT2D eigenvalue weighted by molar-refractivity contribution is 4.80. The van der Waals surface area contributed by atoms with Crippen molar-refractivity contribution in [3.63, 3.8) is 0 Å². The van der Waals surface area contributed by atoms with Gasteiger partial charge in [0.2, 0.25) is 0 Å². The summed E-state index contributed by atoms with van der Waals surface area (Å²) >= 11 is 0. The van der Waals surface area contributed by atoms with Crippen molar-refractivity contribution in [1.29, 1.82) is 0 Å². The van der Waals surface area contributed by atoms with E-state index in [0.717, 1.165) is 12.7 Å². The molecule has 1 heterocycles. The Morgan fingerprint density at radius 2 is 2.00 bits per heavy atom. The van der Waals surface area contributed by atoms with Crippen LogP contribution in [0.4, 0.5) is 0 Å². The average molecular weight is 143 g/mol. The minimum atomic E-state index is 0.556. The van der Waals surface area contributed by atoms with E-state index in [1.807, 2.05) is 0 Å². The molecule has 59 valence electrons. The Kier molecular flexibility index (Phi) is 3.16. The summed E-state index contributed by atoms with van der Waals surface area (Å²) in [5.41, 5.74) is 0. The van der Waals surface area contributed by atoms with Crippen LogP contribution in [-0.4, -0.2) is 0 Å². The number of rotatable bonds is 5. The van der Waals surface area contributed by atoms with E-state index in [1.165, 1.54) is 19.3 Å². The van der Waals surface area contributed by atoms with E-state index in [-0.39, 0.29) is 0 Å². The third-order valence-electron chi connectivity index (χ3n) is 1.91. The first-order valence-corrected chi connectivity index (χ1v) is 4.09. The predicted molar refractivity (Wildman–Crippen MR) is 38.7 cm³/mol. The highest BCUT2D eigenvalue weighted by Gasteiger charge is 2.36. The second kappa shape index (κ2) is 3.94. The lowest BCUT2D eigenvalue weighted by molar-refractivity contribution is 0.0850. The maximum absolute atomic E-state index is 4.68. The smallest absolute Gasteiger partial charge is 0.188 e. The molecule has 0 bridgehead atoms. The molecule has 0 spiro atoms. The van der Waals surface area contributed by atoms with E-state index in [2.05, 4.69) is 23.6 Å². The van der Waals surface area contributed by atoms with Crippen LogP contribution in [0.2, 0.25) is 0 Å². The molecule has 0 saturated carbocycles. The molecule has 0 N–H and O–H groups in total. The van der Waals surface area contributed by atoms with Gasteiger partial charge in [0, 0.05) is 5.92 Å². The van der Waals surface area contributed by atoms with Crippen LogP contribution in [0.15, 0.2) is 0 Å². The summed E-state index contributed by atoms with van der Waals surface area (Å²) in [6, 6.07) is 0. The minimum absolute atomic E-state index is 0.556. The van der Waals surface area contributed by atoms with E-state index in [1.54, 1.807) is 0 Å². The van der Waals surface area contributed by atoms with Crippen LogP contribution in [0.1, 0.15) is 39.5 Å². The first kappa shape index (κ1) is 8.02. The van der Waals surface area contributed by atoms with E-state index in [9.17, 15) is 0 Å². The first-order valence-electron chi connectivity index (χ1n) is 4.09. The summed E-state index contributed by atoms with van der Waals surface area (Å²) in [5, 5.41) is 0. The van der Waals surface area contributed by atoms with Crippen molar-refractivity contribution in [3.05, 3.63) is 6.29 Å². The topological polar surface area (TPSA) is 25.1 Å². The molecule has 0 aliphatic carbocycles. The Morgan fingerprint density at radius 1 is 1.30 bits per heavy atom. The van der Waals surface area contributed by atoms with Gasteiger partial charge < -0.3 is 0 Å². The maximum atomic E-state index is 4.68. The van der Waals surface area contributed by atoms with Crippen LogP contribution in [0.3, 0.4) is 0 Å². The zero-order chi connectivity index (χ0) is 7.40. The van der Waals surface area contributed by atoms with Gasteiger partial charge in [0.15, 0.2) is 0 Å². The maximum Gasteiger partial charge on any atom is 0.295 e. The number of hydrogen-bond donors (Lipinski definition) is 0. The van der Waals surface area contributed by atoms with Gasteiger partial charge in [-0.2, -0.15) is 9.78 Å². The number of hydrogen-bond acceptors (Lipinski definition) is 2. The van der Waals surface area contributed by atoms with E-state index >= 15 is 0 Å². The van der Waals surface area contributed by atoms with Crippen molar-refractivity contribution in [1.82, 2.24) is 0 Å². The molecule has 2 nitrogen and oxygen atoms in total. The Balaban J connectivity index is 2.07. The molecule has 0 aromatic carbocycles. The van der Waals surface area contributed by atoms with Gasteiger partial charge >= 0.3 is 0 Å². The van der Waals surface area contributed by atoms with Crippen molar-refractivity contribution >= 4 is 0 Å². The van der Waals surface area contributed by atoms with Gasteiger partial charge in [0.25, 0.3) is 6.29 Å². The van der Waals surface area contributed by atoms with Crippen molar-refractivity contribution in [3.8, 4) is 0 Å². The van der Waals surface area contributed by atoms with Gasteiger partial charge in [-0.15, -0.1) is 0 Å². The molecule has 1 aliphatic rings. The molecule has 1 unspecified atom stereocenters. The predicted octanol–water partition coefficient (Wildman–Crippen LogP) is 2.65. The van der Waals surface area contributed by atoms with E-state index < -0.39 is 0 Å². The van der Waals surface area contributed by atoms with E-state index in [4.69, 9.17) is 0 Å². The lowest BCUT2D eigenvalue weighted by Gasteiger charge is -2.05. The molecule has 2 heteroatoms. The molecular formula is C8H15O2. The summed E-state index contributed by atoms with van der Waals surface area (Å²) in [6.07, 6.45) is 5.73. The quantitative estimate of drug-likeness (QED) is 0.436. The first-order chi connectivity index (χ1) is 4.88. The molecule has 0 amide bonds. The fraction of sp³-hybridized carbons (Fsp3) is 0.875. The van der Waals surface area contributed by atoms with Crippen LogP contribution in [0.25, 0.3) is 0 Å². The standard InChI is InChI=1S/C8H15O2/c1-3-5-6-7(4-2)8-9-10-8/h7H,3-6H2,1-2H3. The monoisotopic (exact) mass is 143 g/mol. The summed E-state index contributed by atoms with van der Waals surface area (Å²) in [5.74, 6) is 0.556. The molecule has 1 saturated heterocycles. The summed E-state index contributed by atoms with van der Waals surface area (Å²) < 4.78 is 0. The highest BCUT2D eigenvalue weighted by Crippen LogP contribution is 2.36. The molecule has 1 aliphatic heterocycles. The average Bonchev–Trinajstić information content (AvgIpc) is 2.73. The lowest BCUT2D eigenvalue weighted by Crippen LogP contribution is -1.99. The second-order valence-corrected chi connectivity index (χ2v) is 2.73. The molecule has 1 fully saturated rings. The van der Waals surface area contributed by atoms with Crippen molar-refractivity contribution in [2.45, 2.75) is 39.5 Å². The molecular weight excluding hydrogens is 128 g/mol. The van der Waals surface area contributed by atoms with Gasteiger partial charge in [0.05, 0.1) is 0 Å². The largest absolute Gasteiger partial charge is 0.295 e. The minimum Gasteiger partial charge on any atom is -0.188 e. The Hall–Kier alpha value is -0.0800. The fourth-order valence-corrected chi connectivity index (χ4v) is 1.10. The van der Waals surface area contributed by atoms with Crippen molar-refractivity contribution in [2.24, 2.45) is 5.92 Å². The summed E-state index contributed by atoms with van der Waals surface area (Å²) in [6.45, 7) is 4.37. The molecule has 0 aromatic heterocycles. The molecule has 1 radical (unpaired) electrons. The van der Waals surface area contributed by atoms with E-state index in [0.29, 0.717) is 5.92 Å². The highest BCUT2D eigenvalue weighted by atomic mass is 17.4. The van der Waals surface area contributed by atoms with Crippen LogP contribution in [-0.2, 0) is 9.78 Å². The third-order valence-corrected chi connectivity index (χ3v) is 1.91. The normalized spacial score (nSPS) is 21.0. The second-order valence-electron chi connectivity index (χ2n) is 2.73. The Bertz CT molecular complexity index is 89.3. The zero-order valence-corrected chi connectivity index (χ0v) is 6.72. The van der Waals surface area contributed by atoms with Gasteiger partial charge in [-0.05, 0) is 12.8 Å². The van der Waals surface area contributed by atoms with Gasteiger partial charge in [-0.25, -0.2) is 0 Å². The van der Waals surface area contributed by atoms with Gasteiger partial charge in [0.1, 0.15) is 0 Å². The fourth-order valence-electron chi connectivity index (χ4n) is 1.10. The van der Waals surface area contributed by atoms with Crippen LogP contribution < -0.4 is 0 Å². The lowest BCUT2D eigenvalue weighted by atomic mass is 10.00. The SMILES string of the molecule is CCCCC(CC)[C]1OO1. The number of unbranched alkanes of at least 4 members (excludes halogenated alkanes) is 1.